The molecule has 3 rings (SSSR count). The molecule has 3 heterocycles. The monoisotopic (exact) mass is 304 g/mol. The van der Waals surface area contributed by atoms with E-state index in [0.717, 1.165) is 56.2 Å². The molecule has 1 atom stereocenters. The average Bonchev–Trinajstić information content (AvgIpc) is 3.01. The van der Waals surface area contributed by atoms with Gasteiger partial charge in [-0.05, 0) is 32.8 Å². The quantitative estimate of drug-likeness (QED) is 0.836. The molecule has 0 spiro atoms. The molecular weight excluding hydrogens is 280 g/mol. The minimum atomic E-state index is -0.0690. The van der Waals surface area contributed by atoms with E-state index in [1.54, 1.807) is 0 Å². The van der Waals surface area contributed by atoms with Crippen LogP contribution in [-0.2, 0) is 9.53 Å². The predicted octanol–water partition coefficient (Wildman–Crippen LogP) is 1.09. The topological polar surface area (TPSA) is 58.6 Å². The zero-order valence-electron chi connectivity index (χ0n) is 13.4. The molecule has 120 valence electrons. The van der Waals surface area contributed by atoms with Gasteiger partial charge in [-0.15, -0.1) is 0 Å². The molecule has 1 unspecified atom stereocenters. The summed E-state index contributed by atoms with van der Waals surface area (Å²) in [5, 5.41) is 0. The molecule has 0 saturated carbocycles. The lowest BCUT2D eigenvalue weighted by molar-refractivity contribution is -0.133. The number of rotatable bonds is 3. The third-order valence-corrected chi connectivity index (χ3v) is 4.28. The van der Waals surface area contributed by atoms with Crippen molar-refractivity contribution in [2.24, 2.45) is 0 Å². The van der Waals surface area contributed by atoms with E-state index in [2.05, 4.69) is 14.9 Å². The van der Waals surface area contributed by atoms with Gasteiger partial charge in [-0.3, -0.25) is 9.69 Å². The predicted molar refractivity (Wildman–Crippen MR) is 82.5 cm³/mol. The first-order chi connectivity index (χ1) is 10.6. The zero-order valence-corrected chi connectivity index (χ0v) is 13.4. The van der Waals surface area contributed by atoms with Gasteiger partial charge in [0.1, 0.15) is 11.9 Å². The van der Waals surface area contributed by atoms with Crippen LogP contribution in [-0.4, -0.2) is 65.0 Å². The van der Waals surface area contributed by atoms with Gasteiger partial charge in [0.2, 0.25) is 5.91 Å². The normalized spacial score (nSPS) is 23.0. The molecule has 0 radical (unpaired) electrons. The van der Waals surface area contributed by atoms with Gasteiger partial charge in [0.25, 0.3) is 0 Å². The van der Waals surface area contributed by atoms with Crippen molar-refractivity contribution in [1.29, 1.82) is 0 Å². The first kappa shape index (κ1) is 15.4. The second kappa shape index (κ2) is 6.71. The lowest BCUT2D eigenvalue weighted by Gasteiger charge is -2.33. The molecule has 2 fully saturated rings. The number of carbonyl (C=O) groups is 1. The van der Waals surface area contributed by atoms with Crippen LogP contribution in [0.25, 0.3) is 0 Å². The molecule has 2 aliphatic rings. The Morgan fingerprint density at radius 3 is 2.77 bits per heavy atom. The Morgan fingerprint density at radius 2 is 2.05 bits per heavy atom. The molecule has 6 heteroatoms. The van der Waals surface area contributed by atoms with Crippen molar-refractivity contribution < 1.29 is 9.53 Å². The highest BCUT2D eigenvalue weighted by Crippen LogP contribution is 2.21. The summed E-state index contributed by atoms with van der Waals surface area (Å²) in [5.74, 6) is 1.01. The molecule has 2 saturated heterocycles. The fourth-order valence-corrected chi connectivity index (χ4v) is 3.19. The van der Waals surface area contributed by atoms with Crippen molar-refractivity contribution >= 4 is 5.91 Å². The van der Waals surface area contributed by atoms with Crippen LogP contribution in [0.5, 0.6) is 0 Å². The molecule has 1 aromatic heterocycles. The minimum Gasteiger partial charge on any atom is -0.369 e. The number of carbonyl (C=O) groups excluding carboxylic acids is 1. The summed E-state index contributed by atoms with van der Waals surface area (Å²) >= 11 is 0. The highest BCUT2D eigenvalue weighted by Gasteiger charge is 2.27. The molecule has 1 amide bonds. The van der Waals surface area contributed by atoms with Crippen LogP contribution in [0.4, 0.5) is 0 Å². The minimum absolute atomic E-state index is 0.0690. The Kier molecular flexibility index (Phi) is 4.69. The Bertz CT molecular complexity index is 523. The van der Waals surface area contributed by atoms with Crippen LogP contribution in [0.3, 0.4) is 0 Å². The number of aromatic nitrogens is 2. The van der Waals surface area contributed by atoms with Crippen molar-refractivity contribution in [2.45, 2.75) is 32.8 Å². The average molecular weight is 304 g/mol. The van der Waals surface area contributed by atoms with Gasteiger partial charge >= 0.3 is 0 Å². The molecular formula is C16H24N4O2. The molecule has 22 heavy (non-hydrogen) atoms. The number of ether oxygens (including phenoxy) is 1. The van der Waals surface area contributed by atoms with Gasteiger partial charge in [0, 0.05) is 31.9 Å². The number of likely N-dealkylation sites (tertiary alicyclic amines) is 1. The fraction of sp³-hybridized carbons (Fsp3) is 0.688. The van der Waals surface area contributed by atoms with Crippen LogP contribution in [0.15, 0.2) is 6.07 Å². The number of nitrogens with zero attached hydrogens (tertiary/aromatic N) is 4. The first-order valence-electron chi connectivity index (χ1n) is 8.06. The number of aryl methyl sites for hydroxylation is 2. The second-order valence-electron chi connectivity index (χ2n) is 6.16. The lowest BCUT2D eigenvalue weighted by atomic mass is 10.1. The summed E-state index contributed by atoms with van der Waals surface area (Å²) in [6.45, 7) is 8.34. The standard InChI is InChI=1S/C16H24N4O2/c1-12-9-14(18-13(2)17-12)15-10-19(7-8-22-15)11-16(21)20-5-3-4-6-20/h9,15H,3-8,10-11H2,1-2H3. The van der Waals surface area contributed by atoms with Crippen molar-refractivity contribution in [3.8, 4) is 0 Å². The second-order valence-corrected chi connectivity index (χ2v) is 6.16. The Hall–Kier alpha value is -1.53. The molecule has 0 aromatic carbocycles. The van der Waals surface area contributed by atoms with Gasteiger partial charge in [0.15, 0.2) is 0 Å². The Balaban J connectivity index is 1.62. The van der Waals surface area contributed by atoms with E-state index in [4.69, 9.17) is 4.74 Å². The van der Waals surface area contributed by atoms with E-state index >= 15 is 0 Å². The Morgan fingerprint density at radius 1 is 1.27 bits per heavy atom. The maximum Gasteiger partial charge on any atom is 0.236 e. The van der Waals surface area contributed by atoms with Crippen molar-refractivity contribution in [1.82, 2.24) is 19.8 Å². The molecule has 6 nitrogen and oxygen atoms in total. The summed E-state index contributed by atoms with van der Waals surface area (Å²) < 4.78 is 5.85. The van der Waals surface area contributed by atoms with Crippen LogP contribution in [0, 0.1) is 13.8 Å². The van der Waals surface area contributed by atoms with E-state index in [0.29, 0.717) is 13.2 Å². The highest BCUT2D eigenvalue weighted by molar-refractivity contribution is 5.78. The molecule has 0 N–H and O–H groups in total. The van der Waals surface area contributed by atoms with Gasteiger partial charge in [0.05, 0.1) is 18.8 Å². The van der Waals surface area contributed by atoms with Crippen molar-refractivity contribution in [2.75, 3.05) is 39.3 Å². The number of hydrogen-bond donors (Lipinski definition) is 0. The highest BCUT2D eigenvalue weighted by atomic mass is 16.5. The third-order valence-electron chi connectivity index (χ3n) is 4.28. The number of amides is 1. The molecule has 2 aliphatic heterocycles. The number of hydrogen-bond acceptors (Lipinski definition) is 5. The van der Waals surface area contributed by atoms with Crippen molar-refractivity contribution in [3.63, 3.8) is 0 Å². The third kappa shape index (κ3) is 3.62. The summed E-state index contributed by atoms with van der Waals surface area (Å²) in [7, 11) is 0. The smallest absolute Gasteiger partial charge is 0.236 e. The summed E-state index contributed by atoms with van der Waals surface area (Å²) in [4.78, 5) is 25.2. The van der Waals surface area contributed by atoms with Gasteiger partial charge in [-0.2, -0.15) is 0 Å². The Labute approximate surface area is 131 Å². The largest absolute Gasteiger partial charge is 0.369 e. The van der Waals surface area contributed by atoms with E-state index in [1.807, 2.05) is 24.8 Å². The van der Waals surface area contributed by atoms with E-state index in [1.165, 1.54) is 0 Å². The molecule has 1 aromatic rings. The van der Waals surface area contributed by atoms with Crippen LogP contribution in [0.2, 0.25) is 0 Å². The maximum atomic E-state index is 12.3. The van der Waals surface area contributed by atoms with Crippen LogP contribution < -0.4 is 0 Å². The first-order valence-corrected chi connectivity index (χ1v) is 8.06. The molecule has 0 bridgehead atoms. The van der Waals surface area contributed by atoms with Crippen molar-refractivity contribution in [3.05, 3.63) is 23.3 Å². The fourth-order valence-electron chi connectivity index (χ4n) is 3.19. The van der Waals surface area contributed by atoms with Crippen LogP contribution >= 0.6 is 0 Å². The van der Waals surface area contributed by atoms with Gasteiger partial charge in [-0.25, -0.2) is 9.97 Å². The van der Waals surface area contributed by atoms with Gasteiger partial charge < -0.3 is 9.64 Å². The zero-order chi connectivity index (χ0) is 15.5. The van der Waals surface area contributed by atoms with E-state index < -0.39 is 0 Å². The maximum absolute atomic E-state index is 12.3. The van der Waals surface area contributed by atoms with E-state index in [-0.39, 0.29) is 12.0 Å². The summed E-state index contributed by atoms with van der Waals surface area (Å²) in [6.07, 6.45) is 2.20. The lowest BCUT2D eigenvalue weighted by Crippen LogP contribution is -2.45. The number of morpholine rings is 1. The van der Waals surface area contributed by atoms with E-state index in [9.17, 15) is 4.79 Å². The SMILES string of the molecule is Cc1cc(C2CN(CC(=O)N3CCCC3)CCO2)nc(C)n1. The van der Waals surface area contributed by atoms with Gasteiger partial charge in [-0.1, -0.05) is 0 Å². The van der Waals surface area contributed by atoms with Crippen LogP contribution in [0.1, 0.15) is 36.2 Å². The summed E-state index contributed by atoms with van der Waals surface area (Å²) in [5.41, 5.74) is 1.87. The summed E-state index contributed by atoms with van der Waals surface area (Å²) in [6, 6.07) is 1.98. The molecule has 0 aliphatic carbocycles.